The highest BCUT2D eigenvalue weighted by atomic mass is 16.5. The number of nitrogens with zero attached hydrogens (tertiary/aromatic N) is 1. The largest absolute Gasteiger partial charge is 0.461 e. The molecule has 0 spiro atoms. The summed E-state index contributed by atoms with van der Waals surface area (Å²) in [4.78, 5) is 56.5. The smallest absolute Gasteiger partial charge is 0.306 e. The van der Waals surface area contributed by atoms with Gasteiger partial charge in [0.2, 0.25) is 0 Å². The van der Waals surface area contributed by atoms with E-state index < -0.39 is 29.3 Å². The van der Waals surface area contributed by atoms with E-state index in [1.807, 2.05) is 91.0 Å². The number of amides is 1. The Kier molecular flexibility index (Phi) is 8.91. The van der Waals surface area contributed by atoms with Gasteiger partial charge in [0, 0.05) is 19.0 Å². The minimum Gasteiger partial charge on any atom is -0.461 e. The first kappa shape index (κ1) is 26.2. The first-order chi connectivity index (χ1) is 18.5. The van der Waals surface area contributed by atoms with Crippen molar-refractivity contribution in [2.75, 3.05) is 0 Å². The summed E-state index contributed by atoms with van der Waals surface area (Å²) in [6.45, 7) is 0.168. The third-order valence-corrected chi connectivity index (χ3v) is 5.88. The lowest BCUT2D eigenvalue weighted by molar-refractivity contribution is -0.145. The Morgan fingerprint density at radius 3 is 1.97 bits per heavy atom. The summed E-state index contributed by atoms with van der Waals surface area (Å²) in [6.07, 6.45) is 1.40. The van der Waals surface area contributed by atoms with E-state index in [0.29, 0.717) is 0 Å². The van der Waals surface area contributed by atoms with E-state index in [9.17, 15) is 19.2 Å². The van der Waals surface area contributed by atoms with Gasteiger partial charge in [-0.05, 0) is 23.1 Å². The zero-order valence-electron chi connectivity index (χ0n) is 20.6. The average molecular weight is 510 g/mol. The number of carbonyl (C=O) groups excluding carboxylic acids is 3. The Hall–Kier alpha value is -4.85. The summed E-state index contributed by atoms with van der Waals surface area (Å²) in [5.74, 6) is -1.62. The standard InChI is InChI=1S/C30H27N3O5/c34-25(17-10-18-26(35)38-20-21-11-4-1-5-12-21)28-31-19-24(30(37)33-28)29(36)32-27(22-13-6-2-7-14-22)23-15-8-3-9-16-23/h1-9,11-16,19,27H,10,17-18,20H2,(H,32,36)(H,31,33,37). The monoisotopic (exact) mass is 509 g/mol. The number of aromatic nitrogens is 2. The second-order valence-corrected chi connectivity index (χ2v) is 8.63. The molecule has 192 valence electrons. The van der Waals surface area contributed by atoms with Crippen LogP contribution in [0.15, 0.2) is 102 Å². The summed E-state index contributed by atoms with van der Waals surface area (Å²) in [5, 5.41) is 2.89. The van der Waals surface area contributed by atoms with Crippen LogP contribution >= 0.6 is 0 Å². The highest BCUT2D eigenvalue weighted by Crippen LogP contribution is 2.22. The van der Waals surface area contributed by atoms with E-state index in [1.165, 1.54) is 0 Å². The van der Waals surface area contributed by atoms with Gasteiger partial charge in [-0.3, -0.25) is 19.2 Å². The molecule has 3 aromatic carbocycles. The number of ether oxygens (including phenoxy) is 1. The SMILES string of the molecule is O=C(CCCC(=O)c1ncc(C(=O)NC(c2ccccc2)c2ccccc2)c(=O)[nH]1)OCc1ccccc1. The van der Waals surface area contributed by atoms with Crippen LogP contribution in [0.4, 0.5) is 0 Å². The van der Waals surface area contributed by atoms with Gasteiger partial charge in [-0.15, -0.1) is 0 Å². The van der Waals surface area contributed by atoms with Crippen molar-refractivity contribution in [3.63, 3.8) is 0 Å². The van der Waals surface area contributed by atoms with Crippen LogP contribution in [0.5, 0.6) is 0 Å². The van der Waals surface area contributed by atoms with Gasteiger partial charge in [0.25, 0.3) is 11.5 Å². The molecule has 0 bridgehead atoms. The van der Waals surface area contributed by atoms with Gasteiger partial charge in [0.15, 0.2) is 11.6 Å². The van der Waals surface area contributed by atoms with Crippen LogP contribution in [-0.4, -0.2) is 27.6 Å². The van der Waals surface area contributed by atoms with E-state index >= 15 is 0 Å². The lowest BCUT2D eigenvalue weighted by Crippen LogP contribution is -2.34. The molecule has 8 nitrogen and oxygen atoms in total. The van der Waals surface area contributed by atoms with Crippen molar-refractivity contribution in [2.45, 2.75) is 31.9 Å². The molecule has 0 aliphatic carbocycles. The minimum atomic E-state index is -0.719. The number of ketones is 1. The highest BCUT2D eigenvalue weighted by Gasteiger charge is 2.21. The van der Waals surface area contributed by atoms with E-state index in [0.717, 1.165) is 22.9 Å². The molecule has 8 heteroatoms. The number of rotatable bonds is 11. The number of nitrogens with one attached hydrogen (secondary N) is 2. The number of esters is 1. The predicted molar refractivity (Wildman–Crippen MR) is 141 cm³/mol. The van der Waals surface area contributed by atoms with Gasteiger partial charge in [0.05, 0.1) is 6.04 Å². The Morgan fingerprint density at radius 1 is 0.816 bits per heavy atom. The van der Waals surface area contributed by atoms with Crippen LogP contribution in [-0.2, 0) is 16.1 Å². The first-order valence-electron chi connectivity index (χ1n) is 12.2. The van der Waals surface area contributed by atoms with E-state index in [2.05, 4.69) is 15.3 Å². The van der Waals surface area contributed by atoms with Gasteiger partial charge in [-0.2, -0.15) is 0 Å². The Balaban J connectivity index is 1.34. The number of benzene rings is 3. The number of Topliss-reactive ketones (excluding diaryl/α,β-unsaturated/α-hetero) is 1. The zero-order chi connectivity index (χ0) is 26.7. The molecule has 2 N–H and O–H groups in total. The van der Waals surface area contributed by atoms with Crippen molar-refractivity contribution in [1.82, 2.24) is 15.3 Å². The zero-order valence-corrected chi connectivity index (χ0v) is 20.6. The first-order valence-corrected chi connectivity index (χ1v) is 12.2. The van der Waals surface area contributed by atoms with Gasteiger partial charge < -0.3 is 15.0 Å². The molecule has 0 saturated heterocycles. The number of hydrogen-bond acceptors (Lipinski definition) is 6. The molecule has 0 aliphatic rings. The molecule has 38 heavy (non-hydrogen) atoms. The summed E-state index contributed by atoms with van der Waals surface area (Å²) in [6, 6.07) is 27.6. The van der Waals surface area contributed by atoms with Crippen molar-refractivity contribution in [2.24, 2.45) is 0 Å². The molecule has 0 radical (unpaired) electrons. The quantitative estimate of drug-likeness (QED) is 0.229. The Labute approximate surface area is 219 Å². The number of carbonyl (C=O) groups is 3. The lowest BCUT2D eigenvalue weighted by Gasteiger charge is -2.19. The molecule has 0 unspecified atom stereocenters. The van der Waals surface area contributed by atoms with Gasteiger partial charge in [0.1, 0.15) is 12.2 Å². The molecular weight excluding hydrogens is 482 g/mol. The van der Waals surface area contributed by atoms with Gasteiger partial charge in [-0.25, -0.2) is 4.98 Å². The minimum absolute atomic E-state index is 0.000984. The maximum Gasteiger partial charge on any atom is 0.306 e. The number of hydrogen-bond donors (Lipinski definition) is 2. The Bertz CT molecular complexity index is 1400. The summed E-state index contributed by atoms with van der Waals surface area (Å²) in [7, 11) is 0. The van der Waals surface area contributed by atoms with Crippen LogP contribution in [0.25, 0.3) is 0 Å². The normalized spacial score (nSPS) is 10.7. The second-order valence-electron chi connectivity index (χ2n) is 8.63. The van der Waals surface area contributed by atoms with Crippen LogP contribution < -0.4 is 10.9 Å². The van der Waals surface area contributed by atoms with E-state index in [1.54, 1.807) is 0 Å². The molecule has 4 aromatic rings. The van der Waals surface area contributed by atoms with Crippen LogP contribution in [0, 0.1) is 0 Å². The van der Waals surface area contributed by atoms with Gasteiger partial charge in [-0.1, -0.05) is 91.0 Å². The molecule has 1 amide bonds. The van der Waals surface area contributed by atoms with Gasteiger partial charge >= 0.3 is 5.97 Å². The molecular formula is C30H27N3O5. The molecule has 1 aromatic heterocycles. The fourth-order valence-corrected chi connectivity index (χ4v) is 3.88. The van der Waals surface area contributed by atoms with Crippen LogP contribution in [0.2, 0.25) is 0 Å². The van der Waals surface area contributed by atoms with E-state index in [4.69, 9.17) is 4.74 Å². The lowest BCUT2D eigenvalue weighted by atomic mass is 9.98. The third kappa shape index (κ3) is 7.10. The average Bonchev–Trinajstić information content (AvgIpc) is 2.96. The van der Waals surface area contributed by atoms with Crippen molar-refractivity contribution >= 4 is 17.7 Å². The van der Waals surface area contributed by atoms with Crippen molar-refractivity contribution < 1.29 is 19.1 Å². The molecule has 4 rings (SSSR count). The van der Waals surface area contributed by atoms with E-state index in [-0.39, 0.29) is 37.3 Å². The fraction of sp³-hybridized carbons (Fsp3) is 0.167. The van der Waals surface area contributed by atoms with Crippen molar-refractivity contribution in [1.29, 1.82) is 0 Å². The molecule has 0 atom stereocenters. The molecule has 0 aliphatic heterocycles. The summed E-state index contributed by atoms with van der Waals surface area (Å²) in [5.41, 5.74) is 1.66. The Morgan fingerprint density at radius 2 is 1.39 bits per heavy atom. The predicted octanol–water partition coefficient (Wildman–Crippen LogP) is 4.39. The maximum atomic E-state index is 13.0. The molecule has 0 fully saturated rings. The molecule has 1 heterocycles. The van der Waals surface area contributed by atoms with Crippen LogP contribution in [0.1, 0.15) is 63.0 Å². The maximum absolute atomic E-state index is 13.0. The highest BCUT2D eigenvalue weighted by molar-refractivity contribution is 5.95. The van der Waals surface area contributed by atoms with Crippen molar-refractivity contribution in [3.05, 3.63) is 136 Å². The van der Waals surface area contributed by atoms with Crippen LogP contribution in [0.3, 0.4) is 0 Å². The second kappa shape index (κ2) is 12.9. The number of H-pyrrole nitrogens is 1. The summed E-state index contributed by atoms with van der Waals surface area (Å²) >= 11 is 0. The third-order valence-electron chi connectivity index (χ3n) is 5.88. The van der Waals surface area contributed by atoms with Crippen molar-refractivity contribution in [3.8, 4) is 0 Å². The number of aromatic amines is 1. The fourth-order valence-electron chi connectivity index (χ4n) is 3.88. The molecule has 0 saturated carbocycles. The topological polar surface area (TPSA) is 118 Å². The summed E-state index contributed by atoms with van der Waals surface area (Å²) < 4.78 is 5.20.